The van der Waals surface area contributed by atoms with Crippen LogP contribution in [0.4, 0.5) is 0 Å². The lowest BCUT2D eigenvalue weighted by Crippen LogP contribution is -2.70. The average molecular weight is 593 g/mol. The second kappa shape index (κ2) is 11.0. The van der Waals surface area contributed by atoms with Gasteiger partial charge in [0.1, 0.15) is 40.2 Å². The van der Waals surface area contributed by atoms with Crippen molar-refractivity contribution in [3.05, 3.63) is 68.7 Å². The molecule has 2 aromatic heterocycles. The lowest BCUT2D eigenvalue weighted by molar-refractivity contribution is -0.148. The highest BCUT2D eigenvalue weighted by atomic mass is 35.5. The van der Waals surface area contributed by atoms with Gasteiger partial charge in [-0.05, 0) is 55.3 Å². The molecule has 0 saturated carbocycles. The largest absolute Gasteiger partial charge is 0.485 e. The summed E-state index contributed by atoms with van der Waals surface area (Å²) < 4.78 is 12.1. The fraction of sp³-hybridized carbons (Fsp3) is 0.292. The van der Waals surface area contributed by atoms with Crippen molar-refractivity contribution in [2.24, 2.45) is 0 Å². The van der Waals surface area contributed by atoms with Crippen LogP contribution in [0.5, 0.6) is 5.75 Å². The minimum Gasteiger partial charge on any atom is -0.485 e. The van der Waals surface area contributed by atoms with Gasteiger partial charge in [-0.2, -0.15) is 0 Å². The summed E-state index contributed by atoms with van der Waals surface area (Å²) in [6.07, 6.45) is 0. The topological polar surface area (TPSA) is 135 Å². The van der Waals surface area contributed by atoms with Crippen LogP contribution in [0.3, 0.4) is 0 Å². The first-order valence-electron chi connectivity index (χ1n) is 11.3. The summed E-state index contributed by atoms with van der Waals surface area (Å²) >= 11 is 10.2. The molecular weight excluding hydrogens is 572 g/mol. The van der Waals surface area contributed by atoms with Crippen molar-refractivity contribution in [1.82, 2.24) is 20.4 Å². The number of furan rings is 1. The van der Waals surface area contributed by atoms with Gasteiger partial charge < -0.3 is 19.6 Å². The number of fused-ring (bicyclic) bond motifs is 1. The Hall–Kier alpha value is -3.00. The third-order valence-electron chi connectivity index (χ3n) is 5.81. The average Bonchev–Trinajstić information content (AvgIpc) is 3.53. The normalized spacial score (nSPS) is 18.7. The summed E-state index contributed by atoms with van der Waals surface area (Å²) in [4.78, 5) is 39.0. The van der Waals surface area contributed by atoms with E-state index in [0.717, 1.165) is 14.9 Å². The van der Waals surface area contributed by atoms with E-state index in [1.54, 1.807) is 24.3 Å². The Morgan fingerprint density at radius 3 is 2.82 bits per heavy atom. The number of rotatable bonds is 9. The number of carbonyl (C=O) groups is 3. The van der Waals surface area contributed by atoms with E-state index in [4.69, 9.17) is 20.8 Å². The third-order valence-corrected chi connectivity index (χ3v) is 9.44. The molecule has 0 unspecified atom stereocenters. The van der Waals surface area contributed by atoms with Crippen molar-refractivity contribution in [1.29, 1.82) is 0 Å². The van der Waals surface area contributed by atoms with Crippen molar-refractivity contribution in [2.45, 2.75) is 36.2 Å². The smallest absolute Gasteiger partial charge is 0.352 e. The number of aliphatic carboxylic acids is 1. The van der Waals surface area contributed by atoms with Crippen LogP contribution in [0.15, 0.2) is 50.4 Å². The van der Waals surface area contributed by atoms with Crippen molar-refractivity contribution >= 4 is 64.2 Å². The first kappa shape index (κ1) is 26.6. The Labute approximate surface area is 234 Å². The second-order valence-electron chi connectivity index (χ2n) is 8.46. The Bertz CT molecular complexity index is 1450. The van der Waals surface area contributed by atoms with Crippen LogP contribution >= 0.6 is 46.5 Å². The highest BCUT2D eigenvalue weighted by Crippen LogP contribution is 2.42. The zero-order valence-corrected chi connectivity index (χ0v) is 23.3. The summed E-state index contributed by atoms with van der Waals surface area (Å²) in [7, 11) is 0. The molecule has 5 rings (SSSR count). The first-order chi connectivity index (χ1) is 18.2. The van der Waals surface area contributed by atoms with Gasteiger partial charge in [0.05, 0.1) is 0 Å². The molecule has 2 aliphatic heterocycles. The molecule has 10 nitrogen and oxygen atoms in total. The molecule has 3 aromatic rings. The Kier molecular flexibility index (Phi) is 7.70. The van der Waals surface area contributed by atoms with E-state index >= 15 is 0 Å². The summed E-state index contributed by atoms with van der Waals surface area (Å²) in [6, 6.07) is 7.53. The van der Waals surface area contributed by atoms with Gasteiger partial charge in [0, 0.05) is 16.5 Å². The number of amides is 2. The number of β-lactam (4-membered cyclic amide) rings is 1. The van der Waals surface area contributed by atoms with E-state index in [1.165, 1.54) is 45.8 Å². The van der Waals surface area contributed by atoms with E-state index in [1.807, 2.05) is 13.8 Å². The molecule has 0 aliphatic carbocycles. The number of halogens is 1. The molecule has 14 heteroatoms. The monoisotopic (exact) mass is 592 g/mol. The van der Waals surface area contributed by atoms with Crippen LogP contribution in [0, 0.1) is 13.8 Å². The number of nitrogens with one attached hydrogen (secondary N) is 1. The number of hydrogen-bond donors (Lipinski definition) is 2. The van der Waals surface area contributed by atoms with Gasteiger partial charge in [-0.3, -0.25) is 14.5 Å². The molecule has 2 aliphatic rings. The Balaban J connectivity index is 1.20. The predicted molar refractivity (Wildman–Crippen MR) is 144 cm³/mol. The van der Waals surface area contributed by atoms with Crippen LogP contribution in [-0.2, 0) is 16.2 Å². The van der Waals surface area contributed by atoms with E-state index in [2.05, 4.69) is 15.5 Å². The zero-order valence-electron chi connectivity index (χ0n) is 20.1. The van der Waals surface area contributed by atoms with Crippen LogP contribution in [-0.4, -0.2) is 60.9 Å². The van der Waals surface area contributed by atoms with E-state index < -0.39 is 29.2 Å². The molecule has 2 atom stereocenters. The van der Waals surface area contributed by atoms with Crippen LogP contribution in [0.25, 0.3) is 0 Å². The van der Waals surface area contributed by atoms with Crippen molar-refractivity contribution in [2.75, 3.05) is 11.5 Å². The third kappa shape index (κ3) is 5.41. The Morgan fingerprint density at radius 1 is 1.29 bits per heavy atom. The quantitative estimate of drug-likeness (QED) is 0.276. The molecule has 0 spiro atoms. The van der Waals surface area contributed by atoms with Crippen LogP contribution in [0.2, 0.25) is 5.02 Å². The highest BCUT2D eigenvalue weighted by Gasteiger charge is 2.54. The molecule has 2 N–H and O–H groups in total. The number of aryl methyl sites for hydroxylation is 2. The number of benzene rings is 1. The minimum absolute atomic E-state index is 0.0296. The van der Waals surface area contributed by atoms with Gasteiger partial charge in [0.25, 0.3) is 11.8 Å². The van der Waals surface area contributed by atoms with Gasteiger partial charge in [-0.15, -0.1) is 22.0 Å². The molecule has 38 heavy (non-hydrogen) atoms. The number of hydrogen-bond acceptors (Lipinski definition) is 10. The summed E-state index contributed by atoms with van der Waals surface area (Å²) in [5.74, 6) is -0.317. The van der Waals surface area contributed by atoms with E-state index in [0.29, 0.717) is 33.6 Å². The molecule has 0 radical (unpaired) electrons. The number of carbonyl (C=O) groups excluding carboxylic acids is 2. The summed E-state index contributed by atoms with van der Waals surface area (Å²) in [5, 5.41) is 21.5. The lowest BCUT2D eigenvalue weighted by atomic mass is 10.0. The zero-order chi connectivity index (χ0) is 27.0. The molecule has 1 aromatic carbocycles. The molecule has 0 bridgehead atoms. The number of carboxylic acid groups (broad SMARTS) is 1. The molecule has 2 amide bonds. The molecule has 4 heterocycles. The number of ether oxygens (including phenoxy) is 1. The van der Waals surface area contributed by atoms with E-state index in [-0.39, 0.29) is 18.1 Å². The van der Waals surface area contributed by atoms with Gasteiger partial charge in [0.15, 0.2) is 10.1 Å². The van der Waals surface area contributed by atoms with Crippen molar-refractivity contribution in [3.63, 3.8) is 0 Å². The summed E-state index contributed by atoms with van der Waals surface area (Å²) in [6.45, 7) is 3.82. The highest BCUT2D eigenvalue weighted by molar-refractivity contribution is 8.01. The van der Waals surface area contributed by atoms with Crippen molar-refractivity contribution < 1.29 is 28.6 Å². The standard InChI is InChI=1S/C24H21ClN4O6S3/c1-11-7-14(25)3-5-16(11)34-8-15-4-6-17(35-15)20(30)26-18-21(31)29-19(23(32)33)13(9-36-22(18)29)10-37-24-28-27-12(2)38-24/h3-7,18,22H,8-10H2,1-2H3,(H,26,30)(H,32,33)/t18-,22+/m0/s1. The lowest BCUT2D eigenvalue weighted by Gasteiger charge is -2.49. The number of nitrogens with zero attached hydrogens (tertiary/aromatic N) is 3. The van der Waals surface area contributed by atoms with E-state index in [9.17, 15) is 19.5 Å². The number of aromatic nitrogens is 2. The summed E-state index contributed by atoms with van der Waals surface area (Å²) in [5.41, 5.74) is 1.46. The molecular formula is C24H21ClN4O6S3. The van der Waals surface area contributed by atoms with Gasteiger partial charge in [-0.1, -0.05) is 34.7 Å². The van der Waals surface area contributed by atoms with Gasteiger partial charge >= 0.3 is 5.97 Å². The molecule has 1 saturated heterocycles. The number of carboxylic acids is 1. The van der Waals surface area contributed by atoms with Crippen LogP contribution in [0.1, 0.15) is 26.9 Å². The maximum absolute atomic E-state index is 12.9. The first-order valence-corrected chi connectivity index (χ1v) is 14.6. The maximum atomic E-state index is 12.9. The van der Waals surface area contributed by atoms with Gasteiger partial charge in [0.2, 0.25) is 0 Å². The van der Waals surface area contributed by atoms with Crippen molar-refractivity contribution in [3.8, 4) is 5.75 Å². The van der Waals surface area contributed by atoms with Crippen LogP contribution < -0.4 is 10.1 Å². The molecule has 198 valence electrons. The fourth-order valence-electron chi connectivity index (χ4n) is 3.99. The predicted octanol–water partition coefficient (Wildman–Crippen LogP) is 4.12. The maximum Gasteiger partial charge on any atom is 0.352 e. The SMILES string of the molecule is Cc1nnc(SCC2=C(C(=O)O)N3C(=O)[C@H](NC(=O)c4ccc(COc5ccc(Cl)cc5C)o4)[C@H]3SC2)s1. The minimum atomic E-state index is -1.18. The second-order valence-corrected chi connectivity index (χ2v) is 12.4. The Morgan fingerprint density at radius 2 is 2.11 bits per heavy atom. The fourth-order valence-corrected chi connectivity index (χ4v) is 7.52. The molecule has 1 fully saturated rings. The number of thioether (sulfide) groups is 2. The van der Waals surface area contributed by atoms with Gasteiger partial charge in [-0.25, -0.2) is 4.79 Å².